The molecule has 0 spiro atoms. The van der Waals surface area contributed by atoms with Crippen LogP contribution in [0.15, 0.2) is 0 Å². The van der Waals surface area contributed by atoms with E-state index in [2.05, 4.69) is 4.90 Å². The summed E-state index contributed by atoms with van der Waals surface area (Å²) < 4.78 is 16.0. The lowest BCUT2D eigenvalue weighted by atomic mass is 9.96. The van der Waals surface area contributed by atoms with Crippen molar-refractivity contribution in [1.29, 1.82) is 0 Å². The van der Waals surface area contributed by atoms with Gasteiger partial charge < -0.3 is 14.2 Å². The summed E-state index contributed by atoms with van der Waals surface area (Å²) in [4.78, 5) is 35.9. The van der Waals surface area contributed by atoms with E-state index < -0.39 is 24.1 Å². The first-order valence-corrected chi connectivity index (χ1v) is 7.14. The van der Waals surface area contributed by atoms with Gasteiger partial charge in [-0.05, 0) is 19.4 Å². The maximum Gasteiger partial charge on any atom is 0.303 e. The second-order valence-corrected chi connectivity index (χ2v) is 5.50. The molecule has 2 aliphatic heterocycles. The van der Waals surface area contributed by atoms with Gasteiger partial charge in [-0.1, -0.05) is 0 Å². The third-order valence-electron chi connectivity index (χ3n) is 3.79. The van der Waals surface area contributed by atoms with Crippen LogP contribution in [0, 0.1) is 0 Å². The van der Waals surface area contributed by atoms with Crippen molar-refractivity contribution in [1.82, 2.24) is 4.90 Å². The number of rotatable bonds is 3. The molecule has 0 saturated carbocycles. The zero-order valence-electron chi connectivity index (χ0n) is 12.5. The highest BCUT2D eigenvalue weighted by molar-refractivity contribution is 5.68. The van der Waals surface area contributed by atoms with Gasteiger partial charge in [-0.25, -0.2) is 0 Å². The molecule has 0 N–H and O–H groups in total. The highest BCUT2D eigenvalue weighted by Gasteiger charge is 2.51. The fourth-order valence-corrected chi connectivity index (χ4v) is 3.23. The molecule has 0 amide bonds. The monoisotopic (exact) mass is 299 g/mol. The Morgan fingerprint density at radius 1 is 0.905 bits per heavy atom. The molecule has 2 saturated heterocycles. The largest absolute Gasteiger partial charge is 0.461 e. The van der Waals surface area contributed by atoms with E-state index in [0.29, 0.717) is 13.0 Å². The lowest BCUT2D eigenvalue weighted by Gasteiger charge is -2.37. The number of piperidine rings is 1. The van der Waals surface area contributed by atoms with Crippen molar-refractivity contribution in [2.45, 2.75) is 58.0 Å². The summed E-state index contributed by atoms with van der Waals surface area (Å²) in [5.74, 6) is -1.22. The molecule has 0 aromatic carbocycles. The second kappa shape index (κ2) is 6.43. The predicted molar refractivity (Wildman–Crippen MR) is 71.3 cm³/mol. The molecule has 7 nitrogen and oxygen atoms in total. The van der Waals surface area contributed by atoms with Crippen LogP contribution in [0.2, 0.25) is 0 Å². The molecule has 7 heteroatoms. The maximum absolute atomic E-state index is 11.3. The van der Waals surface area contributed by atoms with Gasteiger partial charge in [-0.2, -0.15) is 0 Å². The lowest BCUT2D eigenvalue weighted by Crippen LogP contribution is -2.51. The minimum atomic E-state index is -0.601. The van der Waals surface area contributed by atoms with Crippen molar-refractivity contribution in [3.63, 3.8) is 0 Å². The quantitative estimate of drug-likeness (QED) is 0.546. The lowest BCUT2D eigenvalue weighted by molar-refractivity contribution is -0.169. The Hall–Kier alpha value is -1.63. The fraction of sp³-hybridized carbons (Fsp3) is 0.786. The molecule has 0 aliphatic carbocycles. The van der Waals surface area contributed by atoms with Gasteiger partial charge in [0.25, 0.3) is 0 Å². The van der Waals surface area contributed by atoms with Crippen LogP contribution in [0.5, 0.6) is 0 Å². The molecule has 21 heavy (non-hydrogen) atoms. The van der Waals surface area contributed by atoms with Crippen molar-refractivity contribution >= 4 is 17.9 Å². The molecule has 0 aromatic rings. The number of esters is 3. The summed E-state index contributed by atoms with van der Waals surface area (Å²) in [5, 5.41) is 0. The van der Waals surface area contributed by atoms with Gasteiger partial charge in [0.2, 0.25) is 0 Å². The topological polar surface area (TPSA) is 82.1 Å². The van der Waals surface area contributed by atoms with Crippen molar-refractivity contribution in [3.05, 3.63) is 0 Å². The van der Waals surface area contributed by atoms with Crippen molar-refractivity contribution in [3.8, 4) is 0 Å². The zero-order chi connectivity index (χ0) is 15.6. The van der Waals surface area contributed by atoms with E-state index in [1.807, 2.05) is 0 Å². The normalized spacial score (nSPS) is 32.1. The Morgan fingerprint density at radius 3 is 2.05 bits per heavy atom. The van der Waals surface area contributed by atoms with Crippen LogP contribution in [0.4, 0.5) is 0 Å². The van der Waals surface area contributed by atoms with E-state index in [1.54, 1.807) is 0 Å². The fourth-order valence-electron chi connectivity index (χ4n) is 3.23. The number of fused-ring (bicyclic) bond motifs is 1. The molecule has 0 aromatic heterocycles. The molecule has 118 valence electrons. The molecule has 2 heterocycles. The molecular weight excluding hydrogens is 278 g/mol. The number of nitrogens with zero attached hydrogens (tertiary/aromatic N) is 1. The first-order valence-electron chi connectivity index (χ1n) is 7.14. The summed E-state index contributed by atoms with van der Waals surface area (Å²) in [7, 11) is 0. The van der Waals surface area contributed by atoms with Crippen molar-refractivity contribution in [2.75, 3.05) is 13.1 Å². The van der Waals surface area contributed by atoms with Gasteiger partial charge >= 0.3 is 17.9 Å². The molecule has 2 fully saturated rings. The van der Waals surface area contributed by atoms with Crippen LogP contribution >= 0.6 is 0 Å². The van der Waals surface area contributed by atoms with E-state index in [9.17, 15) is 14.4 Å². The van der Waals surface area contributed by atoms with Crippen molar-refractivity contribution in [2.24, 2.45) is 0 Å². The Kier molecular flexibility index (Phi) is 4.82. The number of carbonyl (C=O) groups is 3. The molecule has 4 atom stereocenters. The van der Waals surface area contributed by atoms with E-state index in [4.69, 9.17) is 14.2 Å². The highest BCUT2D eigenvalue weighted by atomic mass is 16.6. The van der Waals surface area contributed by atoms with Gasteiger partial charge in [0.05, 0.1) is 6.04 Å². The summed E-state index contributed by atoms with van der Waals surface area (Å²) >= 11 is 0. The Labute approximate surface area is 123 Å². The highest BCUT2D eigenvalue weighted by Crippen LogP contribution is 2.33. The molecule has 0 bridgehead atoms. The Bertz CT molecular complexity index is 437. The Balaban J connectivity index is 2.20. The standard InChI is InChI=1S/C14H21NO6/c1-8(16)19-11-5-4-6-15-7-12(20-9(2)17)14(13(11)15)21-10(3)18/h11-14H,4-7H2,1-3H3/t11-,12-,13-,14-/m1/s1. The number of ether oxygens (including phenoxy) is 3. The average molecular weight is 299 g/mol. The van der Waals surface area contributed by atoms with Crippen LogP contribution in [0.1, 0.15) is 33.6 Å². The predicted octanol–water partition coefficient (Wildman–Crippen LogP) is 0.259. The van der Waals surface area contributed by atoms with Crippen LogP contribution in [0.3, 0.4) is 0 Å². The first-order chi connectivity index (χ1) is 9.88. The molecular formula is C14H21NO6. The average Bonchev–Trinajstić information content (AvgIpc) is 2.66. The number of hydrogen-bond acceptors (Lipinski definition) is 7. The molecule has 0 radical (unpaired) electrons. The van der Waals surface area contributed by atoms with Gasteiger partial charge in [-0.15, -0.1) is 0 Å². The van der Waals surface area contributed by atoms with Crippen LogP contribution in [0.25, 0.3) is 0 Å². The van der Waals surface area contributed by atoms with E-state index in [-0.39, 0.29) is 18.1 Å². The first kappa shape index (κ1) is 15.8. The minimum absolute atomic E-state index is 0.254. The minimum Gasteiger partial charge on any atom is -0.461 e. The third-order valence-corrected chi connectivity index (χ3v) is 3.79. The summed E-state index contributed by atoms with van der Waals surface area (Å²) in [6.07, 6.45) is 0.129. The number of hydrogen-bond donors (Lipinski definition) is 0. The van der Waals surface area contributed by atoms with Crippen LogP contribution < -0.4 is 0 Å². The van der Waals surface area contributed by atoms with Crippen LogP contribution in [-0.4, -0.2) is 60.3 Å². The van der Waals surface area contributed by atoms with Gasteiger partial charge in [-0.3, -0.25) is 19.3 Å². The molecule has 0 unspecified atom stereocenters. The van der Waals surface area contributed by atoms with Gasteiger partial charge in [0, 0.05) is 27.3 Å². The van der Waals surface area contributed by atoms with E-state index >= 15 is 0 Å². The molecule has 2 aliphatic rings. The smallest absolute Gasteiger partial charge is 0.303 e. The Morgan fingerprint density at radius 2 is 1.48 bits per heavy atom. The van der Waals surface area contributed by atoms with E-state index in [0.717, 1.165) is 13.0 Å². The summed E-state index contributed by atoms with van der Waals surface area (Å²) in [5.41, 5.74) is 0. The van der Waals surface area contributed by atoms with Crippen LogP contribution in [-0.2, 0) is 28.6 Å². The maximum atomic E-state index is 11.3. The van der Waals surface area contributed by atoms with Gasteiger partial charge in [0.1, 0.15) is 6.10 Å². The summed E-state index contributed by atoms with van der Waals surface area (Å²) in [6.45, 7) is 5.29. The van der Waals surface area contributed by atoms with Crippen molar-refractivity contribution < 1.29 is 28.6 Å². The number of carbonyl (C=O) groups excluding carboxylic acids is 3. The molecule has 2 rings (SSSR count). The SMILES string of the molecule is CC(=O)O[C@H]1[C@H]2[C@H](OC(C)=O)CCCN2C[C@H]1OC(C)=O. The van der Waals surface area contributed by atoms with E-state index in [1.165, 1.54) is 20.8 Å². The zero-order valence-corrected chi connectivity index (χ0v) is 12.5. The summed E-state index contributed by atoms with van der Waals surface area (Å²) in [6, 6.07) is -0.254. The third kappa shape index (κ3) is 3.72. The van der Waals surface area contributed by atoms with Gasteiger partial charge in [0.15, 0.2) is 12.2 Å². The second-order valence-electron chi connectivity index (χ2n) is 5.50.